The molecule has 0 saturated heterocycles. The number of alkyl halides is 6. The van der Waals surface area contributed by atoms with Crippen LogP contribution in [-0.2, 0) is 21.9 Å². The number of benzene rings is 1. The molecule has 0 unspecified atom stereocenters. The molecule has 0 saturated carbocycles. The summed E-state index contributed by atoms with van der Waals surface area (Å²) in [6.07, 6.45) is -11.1. The molecule has 0 aliphatic carbocycles. The van der Waals surface area contributed by atoms with Crippen molar-refractivity contribution in [2.24, 2.45) is 0 Å². The van der Waals surface area contributed by atoms with Crippen LogP contribution in [0.15, 0.2) is 12.1 Å². The first-order valence-electron chi connectivity index (χ1n) is 6.10. The summed E-state index contributed by atoms with van der Waals surface area (Å²) in [5.41, 5.74) is -7.21. The first-order chi connectivity index (χ1) is 10.8. The van der Waals surface area contributed by atoms with E-state index in [1.165, 1.54) is 12.2 Å². The fourth-order valence-electron chi connectivity index (χ4n) is 1.66. The number of nitrogens with one attached hydrogen (secondary N) is 1. The van der Waals surface area contributed by atoms with Crippen molar-refractivity contribution < 1.29 is 40.9 Å². The van der Waals surface area contributed by atoms with Crippen molar-refractivity contribution in [1.29, 1.82) is 0 Å². The van der Waals surface area contributed by atoms with E-state index in [1.807, 2.05) is 0 Å². The molecule has 0 bridgehead atoms. The van der Waals surface area contributed by atoms with E-state index in [9.17, 15) is 46.0 Å². The van der Waals surface area contributed by atoms with Crippen molar-refractivity contribution in [2.45, 2.75) is 25.7 Å². The van der Waals surface area contributed by atoms with Gasteiger partial charge in [-0.3, -0.25) is 19.7 Å². The number of halogens is 6. The molecule has 1 N–H and O–H groups in total. The highest BCUT2D eigenvalue weighted by Crippen LogP contribution is 2.44. The van der Waals surface area contributed by atoms with Gasteiger partial charge in [-0.15, -0.1) is 0 Å². The molecule has 0 aliphatic heterocycles. The second-order valence-corrected chi connectivity index (χ2v) is 4.40. The van der Waals surface area contributed by atoms with Crippen molar-refractivity contribution in [1.82, 2.24) is 0 Å². The van der Waals surface area contributed by atoms with E-state index in [4.69, 9.17) is 0 Å². The van der Waals surface area contributed by atoms with Crippen LogP contribution in [0.3, 0.4) is 0 Å². The summed E-state index contributed by atoms with van der Waals surface area (Å²) in [6, 6.07) is -0.469. The third-order valence-electron chi connectivity index (χ3n) is 2.75. The first kappa shape index (κ1) is 19.4. The Labute approximate surface area is 129 Å². The monoisotopic (exact) mass is 358 g/mol. The normalized spacial score (nSPS) is 12.0. The molecule has 12 heteroatoms. The van der Waals surface area contributed by atoms with Crippen molar-refractivity contribution in [3.8, 4) is 0 Å². The van der Waals surface area contributed by atoms with Crippen LogP contribution >= 0.6 is 0 Å². The molecule has 1 rings (SSSR count). The summed E-state index contributed by atoms with van der Waals surface area (Å²) >= 11 is 0. The second kappa shape index (κ2) is 6.45. The number of hydrogen-bond acceptors (Lipinski definition) is 4. The lowest BCUT2D eigenvalue weighted by molar-refractivity contribution is -0.387. The third-order valence-corrected chi connectivity index (χ3v) is 2.75. The largest absolute Gasteiger partial charge is 0.423 e. The Bertz CT molecular complexity index is 696. The van der Waals surface area contributed by atoms with E-state index < -0.39 is 64.0 Å². The average molecular weight is 358 g/mol. The highest BCUT2D eigenvalue weighted by molar-refractivity contribution is 6.40. The molecule has 0 spiro atoms. The molecule has 0 radical (unpaired) electrons. The second-order valence-electron chi connectivity index (χ2n) is 4.40. The van der Waals surface area contributed by atoms with Crippen LogP contribution in [0.25, 0.3) is 0 Å². The van der Waals surface area contributed by atoms with Gasteiger partial charge in [-0.1, -0.05) is 6.92 Å². The Morgan fingerprint density at radius 2 is 1.67 bits per heavy atom. The Kier molecular flexibility index (Phi) is 5.21. The number of anilines is 1. The number of rotatable bonds is 4. The predicted octanol–water partition coefficient (Wildman–Crippen LogP) is 3.55. The molecule has 0 aromatic heterocycles. The van der Waals surface area contributed by atoms with E-state index in [0.29, 0.717) is 0 Å². The van der Waals surface area contributed by atoms with E-state index in [0.717, 1.165) is 0 Å². The van der Waals surface area contributed by atoms with Crippen LogP contribution in [-0.4, -0.2) is 16.6 Å². The molecular weight excluding hydrogens is 350 g/mol. The molecule has 0 fully saturated rings. The lowest BCUT2D eigenvalue weighted by Gasteiger charge is -2.15. The molecule has 1 aromatic rings. The minimum atomic E-state index is -5.49. The molecule has 132 valence electrons. The number of ketones is 1. The Morgan fingerprint density at radius 1 is 1.12 bits per heavy atom. The van der Waals surface area contributed by atoms with Gasteiger partial charge >= 0.3 is 18.0 Å². The summed E-state index contributed by atoms with van der Waals surface area (Å²) in [5, 5.41) is 12.3. The molecule has 24 heavy (non-hydrogen) atoms. The van der Waals surface area contributed by atoms with Crippen molar-refractivity contribution in [3.05, 3.63) is 33.4 Å². The molecule has 1 aromatic carbocycles. The summed E-state index contributed by atoms with van der Waals surface area (Å²) in [6.45, 7) is 1.21. The van der Waals surface area contributed by atoms with Crippen LogP contribution in [0.5, 0.6) is 0 Å². The number of carbonyl (C=O) groups excluding carboxylic acids is 2. The van der Waals surface area contributed by atoms with Crippen LogP contribution in [0.1, 0.15) is 24.5 Å². The van der Waals surface area contributed by atoms with E-state index in [2.05, 4.69) is 0 Å². The van der Waals surface area contributed by atoms with Gasteiger partial charge < -0.3 is 5.32 Å². The van der Waals surface area contributed by atoms with E-state index in [1.54, 1.807) is 0 Å². The van der Waals surface area contributed by atoms with Gasteiger partial charge in [-0.05, 0) is 12.1 Å². The van der Waals surface area contributed by atoms with Crippen LogP contribution in [0, 0.1) is 10.1 Å². The van der Waals surface area contributed by atoms with Gasteiger partial charge in [0.2, 0.25) is 5.78 Å². The third kappa shape index (κ3) is 4.20. The number of nitro groups is 1. The quantitative estimate of drug-likeness (QED) is 0.386. The van der Waals surface area contributed by atoms with Crippen LogP contribution in [0.2, 0.25) is 0 Å². The molecule has 0 heterocycles. The number of amides is 1. The van der Waals surface area contributed by atoms with Gasteiger partial charge in [0.25, 0.3) is 5.91 Å². The highest BCUT2D eigenvalue weighted by Gasteiger charge is 2.44. The number of Topliss-reactive ketones (excluding diaryl/α,β-unsaturated/α-hetero) is 1. The molecular formula is C12H8F6N2O4. The zero-order valence-electron chi connectivity index (χ0n) is 11.7. The lowest BCUT2D eigenvalue weighted by Crippen LogP contribution is -2.24. The van der Waals surface area contributed by atoms with Gasteiger partial charge in [0.15, 0.2) is 0 Å². The molecule has 0 atom stereocenters. The number of nitrogens with zero attached hydrogens (tertiary/aromatic N) is 1. The summed E-state index contributed by atoms with van der Waals surface area (Å²) < 4.78 is 76.7. The predicted molar refractivity (Wildman–Crippen MR) is 67.0 cm³/mol. The van der Waals surface area contributed by atoms with Crippen LogP contribution < -0.4 is 5.32 Å². The zero-order chi connectivity index (χ0) is 18.9. The summed E-state index contributed by atoms with van der Waals surface area (Å²) in [4.78, 5) is 31.8. The van der Waals surface area contributed by atoms with Gasteiger partial charge in [0, 0.05) is 6.42 Å². The van der Waals surface area contributed by atoms with Crippen molar-refractivity contribution in [2.75, 3.05) is 5.32 Å². The van der Waals surface area contributed by atoms with Crippen molar-refractivity contribution in [3.63, 3.8) is 0 Å². The summed E-state index contributed by atoms with van der Waals surface area (Å²) in [7, 11) is 0. The highest BCUT2D eigenvalue weighted by atomic mass is 19.4. The minimum Gasteiger partial charge on any atom is -0.314 e. The van der Waals surface area contributed by atoms with Crippen LogP contribution in [0.4, 0.5) is 37.7 Å². The Balaban J connectivity index is 3.67. The molecule has 1 amide bonds. The minimum absolute atomic E-state index is 0.0335. The van der Waals surface area contributed by atoms with Crippen molar-refractivity contribution >= 4 is 23.1 Å². The van der Waals surface area contributed by atoms with E-state index in [-0.39, 0.29) is 6.07 Å². The summed E-state index contributed by atoms with van der Waals surface area (Å²) in [5.74, 6) is -2.73. The zero-order valence-corrected chi connectivity index (χ0v) is 11.7. The number of carbonyl (C=O) groups is 2. The topological polar surface area (TPSA) is 89.3 Å². The molecule has 6 nitrogen and oxygen atoms in total. The maximum Gasteiger partial charge on any atom is 0.423 e. The molecule has 0 aliphatic rings. The maximum atomic E-state index is 12.9. The Hall–Kier alpha value is -2.66. The lowest BCUT2D eigenvalue weighted by atomic mass is 10.0. The fraction of sp³-hybridized carbons (Fsp3) is 0.333. The maximum absolute atomic E-state index is 12.9. The SMILES string of the molecule is CCC(=O)C(=O)Nc1cc(C(F)(F)F)cc(C(F)(F)F)c1[N+](=O)[O-]. The van der Waals surface area contributed by atoms with Gasteiger partial charge in [-0.25, -0.2) is 0 Å². The van der Waals surface area contributed by atoms with Gasteiger partial charge in [0.1, 0.15) is 11.3 Å². The Morgan fingerprint density at radius 3 is 2.04 bits per heavy atom. The van der Waals surface area contributed by atoms with Gasteiger partial charge in [0.05, 0.1) is 10.5 Å². The van der Waals surface area contributed by atoms with E-state index >= 15 is 0 Å². The smallest absolute Gasteiger partial charge is 0.314 e. The number of nitro benzene ring substituents is 1. The first-order valence-corrected chi connectivity index (χ1v) is 6.10. The number of hydrogen-bond donors (Lipinski definition) is 1. The standard InChI is InChI=1S/C12H8F6N2O4/c1-2-8(21)10(22)19-7-4-5(11(13,14)15)3-6(12(16,17)18)9(7)20(23)24/h3-4H,2H2,1H3,(H,19,22). The fourth-order valence-corrected chi connectivity index (χ4v) is 1.66. The van der Waals surface area contributed by atoms with Gasteiger partial charge in [-0.2, -0.15) is 26.3 Å². The average Bonchev–Trinajstić information content (AvgIpc) is 2.43.